The summed E-state index contributed by atoms with van der Waals surface area (Å²) >= 11 is 0. The summed E-state index contributed by atoms with van der Waals surface area (Å²) in [5.74, 6) is 1.01. The number of aliphatic hydroxyl groups is 1. The fourth-order valence-electron chi connectivity index (χ4n) is 3.53. The third kappa shape index (κ3) is 4.78. The van der Waals surface area contributed by atoms with Gasteiger partial charge in [0.2, 0.25) is 5.95 Å². The smallest absolute Gasteiger partial charge is 0.317 e. The van der Waals surface area contributed by atoms with E-state index in [-0.39, 0.29) is 12.6 Å². The van der Waals surface area contributed by atoms with Crippen LogP contribution in [0.2, 0.25) is 0 Å². The van der Waals surface area contributed by atoms with Gasteiger partial charge in [-0.3, -0.25) is 4.68 Å². The van der Waals surface area contributed by atoms with Gasteiger partial charge in [-0.25, -0.2) is 14.8 Å². The minimum Gasteiger partial charge on any atom is -0.394 e. The van der Waals surface area contributed by atoms with Crippen LogP contribution in [0.5, 0.6) is 0 Å². The maximum atomic E-state index is 12.5. The fourth-order valence-corrected chi connectivity index (χ4v) is 3.53. The highest BCUT2D eigenvalue weighted by Gasteiger charge is 2.25. The molecule has 28 heavy (non-hydrogen) atoms. The molecule has 0 radical (unpaired) electrons. The maximum Gasteiger partial charge on any atom is 0.317 e. The second-order valence-electron chi connectivity index (χ2n) is 7.32. The number of anilines is 1. The van der Waals surface area contributed by atoms with Crippen LogP contribution in [-0.2, 0) is 13.1 Å². The van der Waals surface area contributed by atoms with Crippen LogP contribution in [0.15, 0.2) is 18.3 Å². The first-order valence-corrected chi connectivity index (χ1v) is 9.65. The van der Waals surface area contributed by atoms with Crippen LogP contribution < -0.4 is 10.2 Å². The van der Waals surface area contributed by atoms with Gasteiger partial charge in [0.05, 0.1) is 25.4 Å². The predicted molar refractivity (Wildman–Crippen MR) is 106 cm³/mol. The molecule has 3 rings (SSSR count). The largest absolute Gasteiger partial charge is 0.394 e. The molecular weight excluding hydrogens is 358 g/mol. The highest BCUT2D eigenvalue weighted by Crippen LogP contribution is 2.27. The Morgan fingerprint density at radius 3 is 2.75 bits per heavy atom. The number of carbonyl (C=O) groups excluding carboxylic acids is 1. The van der Waals surface area contributed by atoms with Gasteiger partial charge in [0.1, 0.15) is 0 Å². The first-order chi connectivity index (χ1) is 13.5. The molecular formula is C19H29N7O2. The summed E-state index contributed by atoms with van der Waals surface area (Å²) in [4.78, 5) is 25.1. The Balaban J connectivity index is 1.52. The molecule has 0 aromatic carbocycles. The molecule has 0 saturated carbocycles. The molecule has 2 aromatic rings. The molecule has 1 saturated heterocycles. The number of hydrogen-bond acceptors (Lipinski definition) is 6. The van der Waals surface area contributed by atoms with Gasteiger partial charge in [-0.2, -0.15) is 5.10 Å². The van der Waals surface area contributed by atoms with Gasteiger partial charge in [-0.1, -0.05) is 0 Å². The SMILES string of the molecule is Cc1cc(CNC(=O)N2CCC(c3ccnn3CCO)CC2)nc(N(C)C)n1. The van der Waals surface area contributed by atoms with Crippen LogP contribution >= 0.6 is 0 Å². The van der Waals surface area contributed by atoms with Crippen molar-refractivity contribution in [1.29, 1.82) is 0 Å². The lowest BCUT2D eigenvalue weighted by molar-refractivity contribution is 0.179. The Morgan fingerprint density at radius 2 is 2.07 bits per heavy atom. The first kappa shape index (κ1) is 20.1. The first-order valence-electron chi connectivity index (χ1n) is 9.65. The number of hydrogen-bond donors (Lipinski definition) is 2. The van der Waals surface area contributed by atoms with E-state index in [4.69, 9.17) is 5.11 Å². The van der Waals surface area contributed by atoms with Gasteiger partial charge in [-0.15, -0.1) is 0 Å². The van der Waals surface area contributed by atoms with Crippen LogP contribution in [0.25, 0.3) is 0 Å². The average molecular weight is 387 g/mol. The Bertz CT molecular complexity index is 797. The van der Waals surface area contributed by atoms with E-state index in [0.29, 0.717) is 38.0 Å². The number of aryl methyl sites for hydroxylation is 1. The Kier molecular flexibility index (Phi) is 6.45. The molecule has 0 atom stereocenters. The van der Waals surface area contributed by atoms with Crippen molar-refractivity contribution in [3.8, 4) is 0 Å². The van der Waals surface area contributed by atoms with Gasteiger partial charge in [0.25, 0.3) is 0 Å². The molecule has 9 heteroatoms. The van der Waals surface area contributed by atoms with Gasteiger partial charge >= 0.3 is 6.03 Å². The van der Waals surface area contributed by atoms with E-state index in [9.17, 15) is 4.79 Å². The molecule has 0 bridgehead atoms. The second-order valence-corrected chi connectivity index (χ2v) is 7.32. The number of nitrogens with zero attached hydrogens (tertiary/aromatic N) is 6. The summed E-state index contributed by atoms with van der Waals surface area (Å²) < 4.78 is 1.86. The maximum absolute atomic E-state index is 12.5. The minimum absolute atomic E-state index is 0.0648. The van der Waals surface area contributed by atoms with E-state index < -0.39 is 0 Å². The molecule has 1 aliphatic heterocycles. The van der Waals surface area contributed by atoms with Crippen molar-refractivity contribution in [1.82, 2.24) is 30.0 Å². The summed E-state index contributed by atoms with van der Waals surface area (Å²) in [6, 6.07) is 3.84. The third-order valence-corrected chi connectivity index (χ3v) is 4.98. The zero-order valence-electron chi connectivity index (χ0n) is 16.8. The predicted octanol–water partition coefficient (Wildman–Crippen LogP) is 1.13. The molecule has 1 aliphatic rings. The molecule has 2 aromatic heterocycles. The third-order valence-electron chi connectivity index (χ3n) is 4.98. The summed E-state index contributed by atoms with van der Waals surface area (Å²) in [7, 11) is 3.79. The van der Waals surface area contributed by atoms with E-state index in [1.165, 1.54) is 0 Å². The topological polar surface area (TPSA) is 99.4 Å². The number of likely N-dealkylation sites (tertiary alicyclic amines) is 1. The van der Waals surface area contributed by atoms with Crippen molar-refractivity contribution in [2.75, 3.05) is 38.7 Å². The lowest BCUT2D eigenvalue weighted by Crippen LogP contribution is -2.44. The summed E-state index contributed by atoms with van der Waals surface area (Å²) in [5.41, 5.74) is 2.82. The van der Waals surface area contributed by atoms with Crippen molar-refractivity contribution in [2.45, 2.75) is 38.8 Å². The number of aliphatic hydroxyl groups excluding tert-OH is 1. The summed E-state index contributed by atoms with van der Waals surface area (Å²) in [5, 5.41) is 16.4. The quantitative estimate of drug-likeness (QED) is 0.771. The monoisotopic (exact) mass is 387 g/mol. The normalized spacial score (nSPS) is 14.9. The molecule has 1 fully saturated rings. The Hall–Kier alpha value is -2.68. The van der Waals surface area contributed by atoms with Crippen LogP contribution in [0.1, 0.15) is 35.8 Å². The number of piperidine rings is 1. The highest BCUT2D eigenvalue weighted by molar-refractivity contribution is 5.74. The van der Waals surface area contributed by atoms with Crippen LogP contribution in [0, 0.1) is 6.92 Å². The lowest BCUT2D eigenvalue weighted by Gasteiger charge is -2.32. The number of rotatable bonds is 6. The lowest BCUT2D eigenvalue weighted by atomic mass is 9.93. The number of aromatic nitrogens is 4. The Labute approximate surface area is 165 Å². The fraction of sp³-hybridized carbons (Fsp3) is 0.579. The van der Waals surface area contributed by atoms with E-state index in [2.05, 4.69) is 20.4 Å². The molecule has 2 amide bonds. The van der Waals surface area contributed by atoms with Crippen LogP contribution in [0.3, 0.4) is 0 Å². The molecule has 152 valence electrons. The molecule has 0 unspecified atom stereocenters. The van der Waals surface area contributed by atoms with E-state index in [0.717, 1.165) is 29.9 Å². The number of nitrogens with one attached hydrogen (secondary N) is 1. The molecule has 0 aliphatic carbocycles. The number of urea groups is 1. The van der Waals surface area contributed by atoms with Crippen molar-refractivity contribution in [3.05, 3.63) is 35.4 Å². The standard InChI is InChI=1S/C19H29N7O2/c1-14-12-16(23-18(22-14)24(2)3)13-20-19(28)25-8-5-15(6-9-25)17-4-7-21-26(17)10-11-27/h4,7,12,15,27H,5-6,8-11,13H2,1-3H3,(H,20,28). The zero-order valence-corrected chi connectivity index (χ0v) is 16.8. The van der Waals surface area contributed by atoms with Gasteiger partial charge in [-0.05, 0) is 31.9 Å². The average Bonchev–Trinajstić information content (AvgIpc) is 3.14. The minimum atomic E-state index is -0.0648. The zero-order chi connectivity index (χ0) is 20.1. The van der Waals surface area contributed by atoms with E-state index in [1.807, 2.05) is 47.6 Å². The van der Waals surface area contributed by atoms with Gasteiger partial charge in [0, 0.05) is 50.7 Å². The van der Waals surface area contributed by atoms with Crippen molar-refractivity contribution in [3.63, 3.8) is 0 Å². The molecule has 3 heterocycles. The summed E-state index contributed by atoms with van der Waals surface area (Å²) in [6.45, 7) is 4.29. The number of amides is 2. The number of carbonyl (C=O) groups is 1. The molecule has 9 nitrogen and oxygen atoms in total. The van der Waals surface area contributed by atoms with Crippen molar-refractivity contribution in [2.24, 2.45) is 0 Å². The van der Waals surface area contributed by atoms with E-state index >= 15 is 0 Å². The second kappa shape index (κ2) is 9.01. The van der Waals surface area contributed by atoms with Crippen molar-refractivity contribution < 1.29 is 9.90 Å². The van der Waals surface area contributed by atoms with Crippen LogP contribution in [0.4, 0.5) is 10.7 Å². The van der Waals surface area contributed by atoms with Crippen molar-refractivity contribution >= 4 is 12.0 Å². The Morgan fingerprint density at radius 1 is 1.32 bits per heavy atom. The molecule has 2 N–H and O–H groups in total. The molecule has 0 spiro atoms. The van der Waals surface area contributed by atoms with Crippen LogP contribution in [-0.4, -0.2) is 69.6 Å². The highest BCUT2D eigenvalue weighted by atomic mass is 16.3. The van der Waals surface area contributed by atoms with E-state index in [1.54, 1.807) is 6.20 Å². The summed E-state index contributed by atoms with van der Waals surface area (Å²) in [6.07, 6.45) is 3.56. The van der Waals surface area contributed by atoms with Gasteiger partial charge < -0.3 is 20.2 Å². The van der Waals surface area contributed by atoms with Gasteiger partial charge in [0.15, 0.2) is 0 Å².